The van der Waals surface area contributed by atoms with Crippen molar-refractivity contribution in [2.24, 2.45) is 0 Å². The maximum absolute atomic E-state index is 11.5. The molecular formula is C11H9ClLiNO4. The van der Waals surface area contributed by atoms with Crippen LogP contribution in [-0.4, -0.2) is 23.3 Å². The van der Waals surface area contributed by atoms with E-state index in [9.17, 15) is 14.7 Å². The fourth-order valence-corrected chi connectivity index (χ4v) is 1.18. The summed E-state index contributed by atoms with van der Waals surface area (Å²) in [6.07, 6.45) is 3.26. The van der Waals surface area contributed by atoms with Crippen molar-refractivity contribution in [3.8, 4) is 0 Å². The number of aromatic nitrogens is 1. The van der Waals surface area contributed by atoms with E-state index in [2.05, 4.69) is 9.72 Å². The zero-order chi connectivity index (χ0) is 12.8. The van der Waals surface area contributed by atoms with E-state index in [4.69, 9.17) is 11.6 Å². The van der Waals surface area contributed by atoms with Gasteiger partial charge in [0.2, 0.25) is 0 Å². The standard InChI is InChI=1S/C11H10ClNO4.Li/c1-2-17-11(16)10(15)4-9(14)7-3-8(12)6-13-5-7;/h3-6,14H,2H2,1H3;/q;+1/p-1. The number of hydrogen-bond acceptors (Lipinski definition) is 5. The van der Waals surface area contributed by atoms with Crippen molar-refractivity contribution in [2.45, 2.75) is 6.92 Å². The quantitative estimate of drug-likeness (QED) is 0.198. The summed E-state index contributed by atoms with van der Waals surface area (Å²) in [6.45, 7) is 1.64. The molecule has 0 saturated heterocycles. The van der Waals surface area contributed by atoms with Gasteiger partial charge in [0.25, 0.3) is 5.78 Å². The van der Waals surface area contributed by atoms with Gasteiger partial charge in [0.05, 0.1) is 11.6 Å². The van der Waals surface area contributed by atoms with Gasteiger partial charge in [-0.1, -0.05) is 17.4 Å². The molecule has 7 heteroatoms. The van der Waals surface area contributed by atoms with E-state index >= 15 is 0 Å². The SMILES string of the molecule is CCOC(=O)C(=O)C=C([O-])c1cncc(Cl)c1.[Li+]. The Balaban J connectivity index is 0.00000289. The van der Waals surface area contributed by atoms with Gasteiger partial charge < -0.3 is 9.84 Å². The number of pyridine rings is 1. The molecule has 0 amide bonds. The molecule has 90 valence electrons. The molecule has 0 N–H and O–H groups in total. The Labute approximate surface area is 121 Å². The number of ether oxygens (including phenoxy) is 1. The van der Waals surface area contributed by atoms with Gasteiger partial charge in [0.1, 0.15) is 0 Å². The summed E-state index contributed by atoms with van der Waals surface area (Å²) < 4.78 is 4.45. The molecule has 1 heterocycles. The predicted octanol–water partition coefficient (Wildman–Crippen LogP) is -2.43. The van der Waals surface area contributed by atoms with Crippen LogP contribution in [0.4, 0.5) is 0 Å². The minimum absolute atomic E-state index is 0. The van der Waals surface area contributed by atoms with Gasteiger partial charge in [-0.2, -0.15) is 0 Å². The van der Waals surface area contributed by atoms with Crippen LogP contribution in [0.3, 0.4) is 0 Å². The van der Waals surface area contributed by atoms with Crippen LogP contribution in [0.15, 0.2) is 24.5 Å². The van der Waals surface area contributed by atoms with E-state index in [1.54, 1.807) is 6.92 Å². The van der Waals surface area contributed by atoms with Crippen LogP contribution in [0.2, 0.25) is 5.02 Å². The Morgan fingerprint density at radius 3 is 2.72 bits per heavy atom. The number of nitrogens with zero attached hydrogens (tertiary/aromatic N) is 1. The van der Waals surface area contributed by atoms with Gasteiger partial charge in [0.15, 0.2) is 0 Å². The Bertz CT molecular complexity index is 476. The number of hydrogen-bond donors (Lipinski definition) is 0. The largest absolute Gasteiger partial charge is 1.00 e. The van der Waals surface area contributed by atoms with Crippen LogP contribution in [0.5, 0.6) is 0 Å². The molecule has 0 fully saturated rings. The third-order valence-corrected chi connectivity index (χ3v) is 1.93. The van der Waals surface area contributed by atoms with Crippen molar-refractivity contribution in [1.82, 2.24) is 4.98 Å². The molecule has 18 heavy (non-hydrogen) atoms. The number of carbonyl (C=O) groups excluding carboxylic acids is 2. The van der Waals surface area contributed by atoms with E-state index in [1.165, 1.54) is 18.5 Å². The number of rotatable bonds is 4. The first kappa shape index (κ1) is 16.7. The minimum atomic E-state index is -1.06. The number of halogens is 1. The second kappa shape index (κ2) is 7.93. The van der Waals surface area contributed by atoms with Crippen molar-refractivity contribution >= 4 is 29.1 Å². The van der Waals surface area contributed by atoms with Crippen molar-refractivity contribution in [2.75, 3.05) is 6.61 Å². The topological polar surface area (TPSA) is 79.3 Å². The van der Waals surface area contributed by atoms with Gasteiger partial charge >= 0.3 is 24.8 Å². The molecule has 0 aliphatic heterocycles. The molecule has 0 aliphatic carbocycles. The Hall–Kier alpha value is -1.28. The molecule has 1 aromatic heterocycles. The predicted molar refractivity (Wildman–Crippen MR) is 58.9 cm³/mol. The molecule has 5 nitrogen and oxygen atoms in total. The normalized spacial score (nSPS) is 10.4. The van der Waals surface area contributed by atoms with Crippen molar-refractivity contribution in [1.29, 1.82) is 0 Å². The molecule has 0 aromatic carbocycles. The van der Waals surface area contributed by atoms with Gasteiger partial charge in [0, 0.05) is 12.4 Å². The Morgan fingerprint density at radius 1 is 1.50 bits per heavy atom. The molecule has 1 aromatic rings. The van der Waals surface area contributed by atoms with Crippen LogP contribution >= 0.6 is 11.6 Å². The third kappa shape index (κ3) is 4.92. The molecule has 0 aliphatic rings. The zero-order valence-electron chi connectivity index (χ0n) is 9.97. The molecule has 1 rings (SSSR count). The van der Waals surface area contributed by atoms with E-state index in [1.807, 2.05) is 0 Å². The van der Waals surface area contributed by atoms with Crippen LogP contribution in [0.25, 0.3) is 5.76 Å². The van der Waals surface area contributed by atoms with E-state index < -0.39 is 17.5 Å². The average Bonchev–Trinajstić information content (AvgIpc) is 2.29. The third-order valence-electron chi connectivity index (χ3n) is 1.73. The van der Waals surface area contributed by atoms with E-state index in [-0.39, 0.29) is 36.1 Å². The van der Waals surface area contributed by atoms with Crippen LogP contribution in [0, 0.1) is 0 Å². The summed E-state index contributed by atoms with van der Waals surface area (Å²) >= 11 is 5.63. The number of carbonyl (C=O) groups is 2. The summed E-state index contributed by atoms with van der Waals surface area (Å²) in [4.78, 5) is 25.9. The van der Waals surface area contributed by atoms with Gasteiger partial charge in [-0.15, -0.1) is 0 Å². The van der Waals surface area contributed by atoms with E-state index in [0.29, 0.717) is 6.08 Å². The molecule has 0 spiro atoms. The first-order valence-electron chi connectivity index (χ1n) is 4.75. The summed E-state index contributed by atoms with van der Waals surface area (Å²) in [7, 11) is 0. The second-order valence-electron chi connectivity index (χ2n) is 2.99. The van der Waals surface area contributed by atoms with Crippen LogP contribution in [0.1, 0.15) is 12.5 Å². The Kier molecular flexibility index (Phi) is 7.37. The van der Waals surface area contributed by atoms with Crippen molar-refractivity contribution in [3.63, 3.8) is 0 Å². The summed E-state index contributed by atoms with van der Waals surface area (Å²) in [5, 5.41) is 11.8. The zero-order valence-corrected chi connectivity index (χ0v) is 10.7. The van der Waals surface area contributed by atoms with Crippen LogP contribution < -0.4 is 24.0 Å². The first-order chi connectivity index (χ1) is 8.04. The van der Waals surface area contributed by atoms with Gasteiger partial charge in [-0.05, 0) is 24.6 Å². The summed E-state index contributed by atoms with van der Waals surface area (Å²) in [5.41, 5.74) is 0.134. The minimum Gasteiger partial charge on any atom is -0.872 e. The number of ketones is 1. The first-order valence-corrected chi connectivity index (χ1v) is 5.13. The smallest absolute Gasteiger partial charge is 0.872 e. The molecular weight excluding hydrogens is 253 g/mol. The monoisotopic (exact) mass is 261 g/mol. The van der Waals surface area contributed by atoms with Crippen molar-refractivity contribution < 1.29 is 38.3 Å². The summed E-state index contributed by atoms with van der Waals surface area (Å²) in [6, 6.07) is 1.35. The molecule has 0 radical (unpaired) electrons. The fraction of sp³-hybridized carbons (Fsp3) is 0.182. The molecule has 0 unspecified atom stereocenters. The maximum atomic E-state index is 11.5. The molecule has 0 atom stereocenters. The molecule has 0 saturated carbocycles. The maximum Gasteiger partial charge on any atom is 1.00 e. The fourth-order valence-electron chi connectivity index (χ4n) is 1.01. The Morgan fingerprint density at radius 2 is 2.17 bits per heavy atom. The van der Waals surface area contributed by atoms with Crippen molar-refractivity contribution in [3.05, 3.63) is 35.1 Å². The van der Waals surface area contributed by atoms with Crippen LogP contribution in [-0.2, 0) is 14.3 Å². The summed E-state index contributed by atoms with van der Waals surface area (Å²) in [5.74, 6) is -2.70. The number of esters is 1. The molecule has 0 bridgehead atoms. The van der Waals surface area contributed by atoms with E-state index in [0.717, 1.165) is 0 Å². The van der Waals surface area contributed by atoms with Gasteiger partial charge in [-0.3, -0.25) is 9.78 Å². The second-order valence-corrected chi connectivity index (χ2v) is 3.42. The van der Waals surface area contributed by atoms with Gasteiger partial charge in [-0.25, -0.2) is 4.79 Å². The average molecular weight is 262 g/mol.